The number of halogens is 1. The monoisotopic (exact) mass is 447 g/mol. The number of benzene rings is 3. The van der Waals surface area contributed by atoms with E-state index in [1.807, 2.05) is 42.5 Å². The first-order valence-electron chi connectivity index (χ1n) is 9.87. The number of carbonyl (C=O) groups is 2. The second kappa shape index (κ2) is 8.87. The summed E-state index contributed by atoms with van der Waals surface area (Å²) < 4.78 is 14.1. The number of nitro benzene ring substituents is 1. The molecule has 33 heavy (non-hydrogen) atoms. The molecule has 0 spiro atoms. The Bertz CT molecular complexity index is 1280. The van der Waals surface area contributed by atoms with Crippen molar-refractivity contribution in [2.24, 2.45) is 4.99 Å². The van der Waals surface area contributed by atoms with Crippen molar-refractivity contribution in [1.29, 1.82) is 0 Å². The van der Waals surface area contributed by atoms with Gasteiger partial charge in [0.1, 0.15) is 5.82 Å². The lowest BCUT2D eigenvalue weighted by Crippen LogP contribution is -2.47. The molecule has 0 radical (unpaired) electrons. The molecule has 1 atom stereocenters. The molecule has 1 aliphatic heterocycles. The summed E-state index contributed by atoms with van der Waals surface area (Å²) in [7, 11) is 1.57. The molecule has 0 unspecified atom stereocenters. The number of anilines is 2. The zero-order valence-corrected chi connectivity index (χ0v) is 17.4. The zero-order valence-electron chi connectivity index (χ0n) is 17.4. The normalized spacial score (nSPS) is 15.2. The minimum absolute atomic E-state index is 0.392. The summed E-state index contributed by atoms with van der Waals surface area (Å²) in [5, 5.41) is 15.6. The van der Waals surface area contributed by atoms with Gasteiger partial charge in [-0.25, -0.2) is 14.2 Å². The fourth-order valence-corrected chi connectivity index (χ4v) is 3.45. The second-order valence-electron chi connectivity index (χ2n) is 7.18. The SMILES string of the molecule is CN1C(=O)[C@@H](NC(=O)Nc2cc([N+](=O)[O-])ccc2F)N=C(c2ccccc2)c2ccccc21. The van der Waals surface area contributed by atoms with Crippen molar-refractivity contribution in [3.63, 3.8) is 0 Å². The van der Waals surface area contributed by atoms with Gasteiger partial charge in [0.25, 0.3) is 11.6 Å². The van der Waals surface area contributed by atoms with E-state index in [1.54, 1.807) is 19.2 Å². The topological polar surface area (TPSA) is 117 Å². The molecule has 3 amide bonds. The van der Waals surface area contributed by atoms with Crippen LogP contribution in [0.5, 0.6) is 0 Å². The molecule has 166 valence electrons. The van der Waals surface area contributed by atoms with Gasteiger partial charge in [0.05, 0.1) is 22.0 Å². The number of fused-ring (bicyclic) bond motifs is 1. The van der Waals surface area contributed by atoms with Gasteiger partial charge in [-0.2, -0.15) is 0 Å². The average Bonchev–Trinajstić information content (AvgIpc) is 2.91. The Morgan fingerprint density at radius 2 is 1.79 bits per heavy atom. The van der Waals surface area contributed by atoms with Crippen molar-refractivity contribution in [2.45, 2.75) is 6.17 Å². The van der Waals surface area contributed by atoms with Crippen LogP contribution in [0, 0.1) is 15.9 Å². The van der Waals surface area contributed by atoms with Crippen molar-refractivity contribution in [3.8, 4) is 0 Å². The van der Waals surface area contributed by atoms with E-state index in [2.05, 4.69) is 15.6 Å². The van der Waals surface area contributed by atoms with Crippen LogP contribution in [0.2, 0.25) is 0 Å². The highest BCUT2D eigenvalue weighted by Crippen LogP contribution is 2.27. The van der Waals surface area contributed by atoms with Crippen LogP contribution < -0.4 is 15.5 Å². The number of carbonyl (C=O) groups excluding carboxylic acids is 2. The Labute approximate surface area is 187 Å². The number of rotatable bonds is 4. The Morgan fingerprint density at radius 1 is 1.09 bits per heavy atom. The molecule has 0 saturated carbocycles. The van der Waals surface area contributed by atoms with Gasteiger partial charge in [0.15, 0.2) is 0 Å². The second-order valence-corrected chi connectivity index (χ2v) is 7.18. The highest BCUT2D eigenvalue weighted by molar-refractivity contribution is 6.20. The molecule has 0 aromatic heterocycles. The minimum Gasteiger partial charge on any atom is -0.311 e. The number of non-ortho nitro benzene ring substituents is 1. The summed E-state index contributed by atoms with van der Waals surface area (Å²) >= 11 is 0. The molecule has 3 aromatic rings. The standard InChI is InChI=1S/C23H18FN5O4/c1-28-19-10-6-5-9-16(19)20(14-7-3-2-4-8-14)26-21(22(28)30)27-23(31)25-18-13-15(29(32)33)11-12-17(18)24/h2-13,21H,1H3,(H2,25,27,31)/t21-/m1/s1. The number of hydrogen-bond acceptors (Lipinski definition) is 5. The summed E-state index contributed by atoms with van der Waals surface area (Å²) in [5.74, 6) is -1.37. The Balaban J connectivity index is 1.67. The summed E-state index contributed by atoms with van der Waals surface area (Å²) in [6.45, 7) is 0. The van der Waals surface area contributed by atoms with Gasteiger partial charge >= 0.3 is 6.03 Å². The van der Waals surface area contributed by atoms with Crippen LogP contribution in [0.25, 0.3) is 0 Å². The maximum Gasteiger partial charge on any atom is 0.321 e. The highest BCUT2D eigenvalue weighted by atomic mass is 19.1. The van der Waals surface area contributed by atoms with Crippen molar-refractivity contribution < 1.29 is 18.9 Å². The van der Waals surface area contributed by atoms with Crippen molar-refractivity contribution >= 4 is 34.7 Å². The molecule has 1 heterocycles. The summed E-state index contributed by atoms with van der Waals surface area (Å²) in [4.78, 5) is 41.8. The van der Waals surface area contributed by atoms with Gasteiger partial charge in [0, 0.05) is 30.3 Å². The lowest BCUT2D eigenvalue weighted by Gasteiger charge is -2.21. The van der Waals surface area contributed by atoms with Crippen LogP contribution in [-0.2, 0) is 4.79 Å². The van der Waals surface area contributed by atoms with E-state index >= 15 is 0 Å². The Kier molecular flexibility index (Phi) is 5.81. The predicted molar refractivity (Wildman–Crippen MR) is 121 cm³/mol. The Morgan fingerprint density at radius 3 is 2.52 bits per heavy atom. The van der Waals surface area contributed by atoms with E-state index in [-0.39, 0.29) is 0 Å². The molecule has 0 aliphatic carbocycles. The van der Waals surface area contributed by atoms with E-state index in [9.17, 15) is 24.1 Å². The molecular formula is C23H18FN5O4. The maximum atomic E-state index is 14.1. The number of nitrogens with one attached hydrogen (secondary N) is 2. The number of aliphatic imine (C=N–C) groups is 1. The number of para-hydroxylation sites is 1. The molecule has 2 N–H and O–H groups in total. The lowest BCUT2D eigenvalue weighted by molar-refractivity contribution is -0.384. The zero-order chi connectivity index (χ0) is 23.5. The number of nitro groups is 1. The minimum atomic E-state index is -1.32. The quantitative estimate of drug-likeness (QED) is 0.468. The van der Waals surface area contributed by atoms with Gasteiger partial charge in [-0.15, -0.1) is 0 Å². The number of nitrogens with zero attached hydrogens (tertiary/aromatic N) is 3. The molecule has 4 rings (SSSR count). The summed E-state index contributed by atoms with van der Waals surface area (Å²) in [6.07, 6.45) is -1.32. The van der Waals surface area contributed by atoms with Crippen LogP contribution >= 0.6 is 0 Å². The van der Waals surface area contributed by atoms with Crippen molar-refractivity contribution in [2.75, 3.05) is 17.3 Å². The predicted octanol–water partition coefficient (Wildman–Crippen LogP) is 3.70. The van der Waals surface area contributed by atoms with Crippen LogP contribution in [0.3, 0.4) is 0 Å². The van der Waals surface area contributed by atoms with Gasteiger partial charge in [-0.1, -0.05) is 48.5 Å². The number of urea groups is 1. The third-order valence-corrected chi connectivity index (χ3v) is 5.07. The van der Waals surface area contributed by atoms with Crippen LogP contribution in [-0.4, -0.2) is 35.8 Å². The summed E-state index contributed by atoms with van der Waals surface area (Å²) in [5.41, 5.74) is 1.76. The molecule has 10 heteroatoms. The molecule has 0 bridgehead atoms. The van der Waals surface area contributed by atoms with E-state index in [4.69, 9.17) is 0 Å². The summed E-state index contributed by atoms with van der Waals surface area (Å²) in [6, 6.07) is 18.2. The number of likely N-dealkylation sites (N-methyl/N-ethyl adjacent to an activating group) is 1. The third kappa shape index (κ3) is 4.40. The fourth-order valence-electron chi connectivity index (χ4n) is 3.45. The van der Waals surface area contributed by atoms with Gasteiger partial charge in [-0.3, -0.25) is 14.9 Å². The smallest absolute Gasteiger partial charge is 0.311 e. The maximum absolute atomic E-state index is 14.1. The first kappa shape index (κ1) is 21.6. The largest absolute Gasteiger partial charge is 0.321 e. The van der Waals surface area contributed by atoms with Crippen LogP contribution in [0.15, 0.2) is 77.8 Å². The highest BCUT2D eigenvalue weighted by Gasteiger charge is 2.31. The fraction of sp³-hybridized carbons (Fsp3) is 0.0870. The van der Waals surface area contributed by atoms with Crippen LogP contribution in [0.1, 0.15) is 11.1 Å². The molecule has 9 nitrogen and oxygen atoms in total. The van der Waals surface area contributed by atoms with Crippen molar-refractivity contribution in [3.05, 3.63) is 99.9 Å². The van der Waals surface area contributed by atoms with E-state index in [0.717, 1.165) is 23.8 Å². The average molecular weight is 447 g/mol. The number of amides is 3. The number of hydrogen-bond donors (Lipinski definition) is 2. The van der Waals surface area contributed by atoms with Gasteiger partial charge in [0.2, 0.25) is 6.17 Å². The van der Waals surface area contributed by atoms with E-state index in [0.29, 0.717) is 17.0 Å². The van der Waals surface area contributed by atoms with E-state index in [1.165, 1.54) is 4.90 Å². The first-order chi connectivity index (χ1) is 15.8. The molecule has 3 aromatic carbocycles. The van der Waals surface area contributed by atoms with Crippen molar-refractivity contribution in [1.82, 2.24) is 5.32 Å². The molecule has 1 aliphatic rings. The molecule has 0 fully saturated rings. The van der Waals surface area contributed by atoms with Gasteiger partial charge < -0.3 is 15.5 Å². The first-order valence-corrected chi connectivity index (χ1v) is 9.87. The Hall–Kier alpha value is -4.60. The lowest BCUT2D eigenvalue weighted by atomic mass is 10.0. The molecular weight excluding hydrogens is 429 g/mol. The van der Waals surface area contributed by atoms with Crippen LogP contribution in [0.4, 0.5) is 26.2 Å². The number of benzodiazepines with no additional fused rings is 1. The molecule has 0 saturated heterocycles. The third-order valence-electron chi connectivity index (χ3n) is 5.07. The van der Waals surface area contributed by atoms with Gasteiger partial charge in [-0.05, 0) is 12.1 Å². The van der Waals surface area contributed by atoms with E-state index < -0.39 is 40.2 Å².